The van der Waals surface area contributed by atoms with Gasteiger partial charge in [-0.05, 0) is 32.0 Å². The molecule has 19 heavy (non-hydrogen) atoms. The Morgan fingerprint density at radius 1 is 1.47 bits per heavy atom. The van der Waals surface area contributed by atoms with Crippen molar-refractivity contribution in [2.45, 2.75) is 24.3 Å². The van der Waals surface area contributed by atoms with Gasteiger partial charge in [0.25, 0.3) is 0 Å². The molecule has 0 atom stereocenters. The average molecular weight is 303 g/mol. The Morgan fingerprint density at radius 2 is 2.05 bits per heavy atom. The van der Waals surface area contributed by atoms with E-state index in [4.69, 9.17) is 16.9 Å². The smallest absolute Gasteiger partial charge is 0.244 e. The highest BCUT2D eigenvalue weighted by Gasteiger charge is 2.28. The van der Waals surface area contributed by atoms with E-state index in [1.165, 1.54) is 39.1 Å². The number of aliphatic hydroxyl groups is 1. The second-order valence-corrected chi connectivity index (χ2v) is 7.25. The van der Waals surface area contributed by atoms with Crippen LogP contribution >= 0.6 is 11.6 Å². The molecule has 0 bridgehead atoms. The molecule has 1 aromatic rings. The number of likely N-dealkylation sites (N-methyl/N-ethyl adjacent to an activating group) is 1. The fourth-order valence-electron chi connectivity index (χ4n) is 1.58. The maximum Gasteiger partial charge on any atom is 0.244 e. The lowest BCUT2D eigenvalue weighted by molar-refractivity contribution is 0.0640. The number of sulfonamides is 1. The third-order valence-electron chi connectivity index (χ3n) is 2.36. The first-order chi connectivity index (χ1) is 8.58. The summed E-state index contributed by atoms with van der Waals surface area (Å²) in [5, 5.41) is 18.4. The molecule has 1 aromatic carbocycles. The van der Waals surface area contributed by atoms with Gasteiger partial charge in [0.15, 0.2) is 0 Å². The third kappa shape index (κ3) is 3.91. The lowest BCUT2D eigenvalue weighted by Crippen LogP contribution is -2.39. The highest BCUT2D eigenvalue weighted by Crippen LogP contribution is 2.25. The van der Waals surface area contributed by atoms with Crippen LogP contribution in [0.5, 0.6) is 0 Å². The molecule has 5 nitrogen and oxygen atoms in total. The van der Waals surface area contributed by atoms with E-state index in [-0.39, 0.29) is 22.0 Å². The summed E-state index contributed by atoms with van der Waals surface area (Å²) in [6, 6.07) is 5.85. The van der Waals surface area contributed by atoms with Crippen LogP contribution < -0.4 is 0 Å². The van der Waals surface area contributed by atoms with Crippen LogP contribution in [0.3, 0.4) is 0 Å². The van der Waals surface area contributed by atoms with Gasteiger partial charge in [0.05, 0.1) is 22.3 Å². The average Bonchev–Trinajstić information content (AvgIpc) is 2.26. The van der Waals surface area contributed by atoms with E-state index in [9.17, 15) is 13.5 Å². The normalized spacial score (nSPS) is 12.5. The number of benzene rings is 1. The Kier molecular flexibility index (Phi) is 4.59. The number of nitriles is 1. The topological polar surface area (TPSA) is 81.4 Å². The van der Waals surface area contributed by atoms with E-state index >= 15 is 0 Å². The van der Waals surface area contributed by atoms with Crippen molar-refractivity contribution in [2.75, 3.05) is 13.6 Å². The first kappa shape index (κ1) is 15.9. The van der Waals surface area contributed by atoms with Crippen LogP contribution in [0.4, 0.5) is 0 Å². The summed E-state index contributed by atoms with van der Waals surface area (Å²) in [4.78, 5) is -0.0834. The Bertz CT molecular complexity index is 615. The van der Waals surface area contributed by atoms with Gasteiger partial charge in [-0.25, -0.2) is 8.42 Å². The highest BCUT2D eigenvalue weighted by atomic mass is 35.5. The summed E-state index contributed by atoms with van der Waals surface area (Å²) >= 11 is 5.89. The summed E-state index contributed by atoms with van der Waals surface area (Å²) in [5.41, 5.74) is -0.866. The number of rotatable bonds is 4. The molecule has 0 unspecified atom stereocenters. The SMILES string of the molecule is CN(CC(C)(C)O)S(=O)(=O)c1ccc(C#N)cc1Cl. The van der Waals surface area contributed by atoms with Gasteiger partial charge in [0.1, 0.15) is 4.90 Å². The van der Waals surface area contributed by atoms with Crippen LogP contribution in [0.15, 0.2) is 23.1 Å². The molecule has 0 amide bonds. The molecule has 1 N–H and O–H groups in total. The molecule has 1 rings (SSSR count). The minimum atomic E-state index is -3.80. The quantitative estimate of drug-likeness (QED) is 0.916. The van der Waals surface area contributed by atoms with Gasteiger partial charge in [0, 0.05) is 13.6 Å². The molecule has 0 aliphatic heterocycles. The Hall–Kier alpha value is -1.13. The zero-order valence-electron chi connectivity index (χ0n) is 10.9. The zero-order chi connectivity index (χ0) is 14.8. The molecule has 0 spiro atoms. The van der Waals surface area contributed by atoms with Crippen LogP contribution in [-0.2, 0) is 10.0 Å². The fourth-order valence-corrected chi connectivity index (χ4v) is 3.42. The van der Waals surface area contributed by atoms with Gasteiger partial charge in [0.2, 0.25) is 10.0 Å². The van der Waals surface area contributed by atoms with E-state index in [0.717, 1.165) is 4.31 Å². The Labute approximate surface area is 118 Å². The Morgan fingerprint density at radius 3 is 2.47 bits per heavy atom. The number of hydrogen-bond acceptors (Lipinski definition) is 4. The van der Waals surface area contributed by atoms with Crippen LogP contribution in [0.2, 0.25) is 5.02 Å². The van der Waals surface area contributed by atoms with Crippen molar-refractivity contribution in [3.05, 3.63) is 28.8 Å². The van der Waals surface area contributed by atoms with Crippen molar-refractivity contribution < 1.29 is 13.5 Å². The molecule has 0 radical (unpaired) electrons. The predicted octanol–water partition coefficient (Wildman–Crippen LogP) is 1.60. The van der Waals surface area contributed by atoms with Crippen LogP contribution in [0.1, 0.15) is 19.4 Å². The van der Waals surface area contributed by atoms with Crippen molar-refractivity contribution in [1.29, 1.82) is 5.26 Å². The van der Waals surface area contributed by atoms with Gasteiger partial charge in [-0.15, -0.1) is 0 Å². The standard InChI is InChI=1S/C12H15ClN2O3S/c1-12(2,16)8-15(3)19(17,18)11-5-4-9(7-14)6-10(11)13/h4-6,16H,8H2,1-3H3. The van der Waals surface area contributed by atoms with Gasteiger partial charge in [-0.3, -0.25) is 0 Å². The van der Waals surface area contributed by atoms with E-state index < -0.39 is 15.6 Å². The summed E-state index contributed by atoms with van der Waals surface area (Å²) in [6.07, 6.45) is 0. The molecule has 0 aliphatic carbocycles. The van der Waals surface area contributed by atoms with Crippen molar-refractivity contribution in [1.82, 2.24) is 4.31 Å². The lowest BCUT2D eigenvalue weighted by atomic mass is 10.1. The number of halogens is 1. The number of hydrogen-bond donors (Lipinski definition) is 1. The van der Waals surface area contributed by atoms with E-state index in [1.54, 1.807) is 0 Å². The van der Waals surface area contributed by atoms with Crippen LogP contribution in [-0.4, -0.2) is 37.0 Å². The highest BCUT2D eigenvalue weighted by molar-refractivity contribution is 7.89. The molecule has 0 fully saturated rings. The summed E-state index contributed by atoms with van der Waals surface area (Å²) in [7, 11) is -2.43. The molecular formula is C12H15ClN2O3S. The van der Waals surface area contributed by atoms with Gasteiger partial charge in [-0.2, -0.15) is 9.57 Å². The second kappa shape index (κ2) is 5.47. The van der Waals surface area contributed by atoms with Gasteiger partial charge in [-0.1, -0.05) is 11.6 Å². The fraction of sp³-hybridized carbons (Fsp3) is 0.417. The molecular weight excluding hydrogens is 288 g/mol. The third-order valence-corrected chi connectivity index (χ3v) is 4.65. The molecule has 0 saturated heterocycles. The lowest BCUT2D eigenvalue weighted by Gasteiger charge is -2.25. The van der Waals surface area contributed by atoms with Crippen molar-refractivity contribution >= 4 is 21.6 Å². The number of nitrogens with zero attached hydrogens (tertiary/aromatic N) is 2. The summed E-state index contributed by atoms with van der Waals surface area (Å²) in [6.45, 7) is 2.96. The maximum atomic E-state index is 12.3. The molecule has 7 heteroatoms. The molecule has 0 aliphatic rings. The van der Waals surface area contributed by atoms with Crippen molar-refractivity contribution in [3.63, 3.8) is 0 Å². The maximum absolute atomic E-state index is 12.3. The van der Waals surface area contributed by atoms with Crippen LogP contribution in [0, 0.1) is 11.3 Å². The first-order valence-corrected chi connectivity index (χ1v) is 7.28. The van der Waals surface area contributed by atoms with Crippen molar-refractivity contribution in [3.8, 4) is 6.07 Å². The monoisotopic (exact) mass is 302 g/mol. The molecule has 0 aromatic heterocycles. The Balaban J connectivity index is 3.18. The minimum Gasteiger partial charge on any atom is -0.389 e. The molecule has 0 saturated carbocycles. The largest absolute Gasteiger partial charge is 0.389 e. The van der Waals surface area contributed by atoms with Gasteiger partial charge < -0.3 is 5.11 Å². The molecule has 104 valence electrons. The summed E-state index contributed by atoms with van der Waals surface area (Å²) < 4.78 is 25.6. The second-order valence-electron chi connectivity index (χ2n) is 4.83. The van der Waals surface area contributed by atoms with E-state index in [2.05, 4.69) is 0 Å². The minimum absolute atomic E-state index is 0.0124. The summed E-state index contributed by atoms with van der Waals surface area (Å²) in [5.74, 6) is 0. The van der Waals surface area contributed by atoms with E-state index in [1.807, 2.05) is 6.07 Å². The molecule has 0 heterocycles. The van der Waals surface area contributed by atoms with Crippen molar-refractivity contribution in [2.24, 2.45) is 0 Å². The zero-order valence-corrected chi connectivity index (χ0v) is 12.5. The van der Waals surface area contributed by atoms with E-state index in [0.29, 0.717) is 0 Å². The first-order valence-electron chi connectivity index (χ1n) is 5.46. The van der Waals surface area contributed by atoms with Crippen LogP contribution in [0.25, 0.3) is 0 Å². The predicted molar refractivity (Wildman–Crippen MR) is 72.3 cm³/mol. The van der Waals surface area contributed by atoms with Gasteiger partial charge >= 0.3 is 0 Å².